The fourth-order valence-corrected chi connectivity index (χ4v) is 4.59. The second kappa shape index (κ2) is 12.7. The average molecular weight is 585 g/mol. The monoisotopic (exact) mass is 584 g/mol. The molecule has 12 heteroatoms. The minimum Gasteiger partial charge on any atom is -0.483 e. The molecule has 41 heavy (non-hydrogen) atoms. The first kappa shape index (κ1) is 28.6. The van der Waals surface area contributed by atoms with Gasteiger partial charge in [-0.05, 0) is 55.0 Å². The quantitative estimate of drug-likeness (QED) is 0.336. The summed E-state index contributed by atoms with van der Waals surface area (Å²) < 4.78 is 31.6. The third kappa shape index (κ3) is 6.87. The van der Waals surface area contributed by atoms with Gasteiger partial charge in [0.25, 0.3) is 5.91 Å². The Labute approximate surface area is 240 Å². The van der Waals surface area contributed by atoms with Crippen LogP contribution in [0.2, 0.25) is 5.02 Å². The van der Waals surface area contributed by atoms with E-state index in [0.29, 0.717) is 38.5 Å². The molecule has 2 aliphatic rings. The van der Waals surface area contributed by atoms with Crippen LogP contribution in [0.4, 0.5) is 4.39 Å². The van der Waals surface area contributed by atoms with Crippen molar-refractivity contribution in [2.75, 3.05) is 39.4 Å². The number of benzene rings is 2. The van der Waals surface area contributed by atoms with Crippen molar-refractivity contribution in [2.45, 2.75) is 19.6 Å². The zero-order valence-corrected chi connectivity index (χ0v) is 23.3. The number of carbonyl (C=O) groups is 2. The predicted molar refractivity (Wildman–Crippen MR) is 149 cm³/mol. The molecule has 2 fully saturated rings. The number of carboxylic acids is 1. The lowest BCUT2D eigenvalue weighted by Crippen LogP contribution is -2.48. The number of ether oxygens (including phenoxy) is 2. The molecular weight excluding hydrogens is 555 g/mol. The molecule has 0 aliphatic carbocycles. The van der Waals surface area contributed by atoms with Crippen molar-refractivity contribution in [3.8, 4) is 5.75 Å². The highest BCUT2D eigenvalue weighted by atomic mass is 35.5. The number of halogens is 2. The van der Waals surface area contributed by atoms with E-state index in [4.69, 9.17) is 25.5 Å². The summed E-state index contributed by atoms with van der Waals surface area (Å²) in [5.74, 6) is -0.281. The molecule has 2 aromatic carbocycles. The molecule has 6 rings (SSSR count). The van der Waals surface area contributed by atoms with E-state index in [1.54, 1.807) is 35.2 Å². The highest BCUT2D eigenvalue weighted by Crippen LogP contribution is 2.23. The third-order valence-electron chi connectivity index (χ3n) is 6.96. The van der Waals surface area contributed by atoms with Gasteiger partial charge >= 0.3 is 5.97 Å². The molecule has 0 bridgehead atoms. The van der Waals surface area contributed by atoms with Crippen molar-refractivity contribution in [3.63, 3.8) is 0 Å². The molecule has 2 aliphatic heterocycles. The number of amides is 1. The number of hydrogen-bond acceptors (Lipinski definition) is 7. The smallest absolute Gasteiger partial charge is 0.335 e. The summed E-state index contributed by atoms with van der Waals surface area (Å²) >= 11 is 5.75. The predicted octanol–water partition coefficient (Wildman–Crippen LogP) is 4.60. The molecular formula is C29H30ClFN4O6. The fourth-order valence-electron chi connectivity index (χ4n) is 4.43. The number of hydrogen-bond donors (Lipinski definition) is 1. The highest BCUT2D eigenvalue weighted by Gasteiger charge is 2.25. The molecule has 1 N–H and O–H groups in total. The zero-order chi connectivity index (χ0) is 28.9. The van der Waals surface area contributed by atoms with Gasteiger partial charge in [-0.25, -0.2) is 14.2 Å². The minimum absolute atomic E-state index is 0.0222. The number of carbonyl (C=O) groups excluding carboxylic acids is 1. The summed E-state index contributed by atoms with van der Waals surface area (Å²) in [6, 6.07) is 12.3. The summed E-state index contributed by atoms with van der Waals surface area (Å²) in [5.41, 5.74) is 1.73. The van der Waals surface area contributed by atoms with Crippen LogP contribution in [0.25, 0.3) is 11.0 Å². The van der Waals surface area contributed by atoms with E-state index in [1.807, 2.05) is 11.6 Å². The summed E-state index contributed by atoms with van der Waals surface area (Å²) in [5, 5.41) is 9.52. The number of aryl methyl sites for hydroxylation is 1. The van der Waals surface area contributed by atoms with Gasteiger partial charge in [0, 0.05) is 51.5 Å². The van der Waals surface area contributed by atoms with Gasteiger partial charge in [-0.1, -0.05) is 11.6 Å². The molecule has 10 nitrogen and oxygen atoms in total. The Kier molecular flexibility index (Phi) is 8.87. The Morgan fingerprint density at radius 1 is 1.07 bits per heavy atom. The van der Waals surface area contributed by atoms with Crippen molar-refractivity contribution in [3.05, 3.63) is 82.3 Å². The van der Waals surface area contributed by atoms with E-state index in [0.717, 1.165) is 30.1 Å². The molecule has 1 amide bonds. The molecule has 4 heterocycles. The Morgan fingerprint density at radius 2 is 1.80 bits per heavy atom. The second-order valence-corrected chi connectivity index (χ2v) is 10.2. The van der Waals surface area contributed by atoms with Crippen LogP contribution >= 0.6 is 11.6 Å². The number of aromatic nitrogens is 2. The first-order chi connectivity index (χ1) is 19.8. The van der Waals surface area contributed by atoms with Gasteiger partial charge < -0.3 is 28.5 Å². The van der Waals surface area contributed by atoms with Crippen molar-refractivity contribution >= 4 is 34.5 Å². The normalized spacial score (nSPS) is 15.2. The van der Waals surface area contributed by atoms with E-state index in [1.165, 1.54) is 24.6 Å². The summed E-state index contributed by atoms with van der Waals surface area (Å²) in [4.78, 5) is 32.8. The van der Waals surface area contributed by atoms with Gasteiger partial charge in [-0.3, -0.25) is 9.69 Å². The minimum atomic E-state index is -0.975. The van der Waals surface area contributed by atoms with Crippen molar-refractivity contribution in [1.29, 1.82) is 0 Å². The van der Waals surface area contributed by atoms with Crippen molar-refractivity contribution in [2.24, 2.45) is 7.05 Å². The maximum absolute atomic E-state index is 13.9. The largest absolute Gasteiger partial charge is 0.483 e. The molecule has 0 spiro atoms. The maximum Gasteiger partial charge on any atom is 0.335 e. The molecule has 0 atom stereocenters. The van der Waals surface area contributed by atoms with Gasteiger partial charge in [-0.15, -0.1) is 0 Å². The maximum atomic E-state index is 13.9. The van der Waals surface area contributed by atoms with Crippen LogP contribution in [0.15, 0.2) is 52.9 Å². The molecule has 2 saturated heterocycles. The number of nitrogens with zero attached hydrogens (tertiary/aromatic N) is 4. The number of fused-ring (bicyclic) bond motifs is 1. The van der Waals surface area contributed by atoms with Gasteiger partial charge in [0.05, 0.1) is 23.1 Å². The second-order valence-electron chi connectivity index (χ2n) is 9.76. The zero-order valence-electron chi connectivity index (χ0n) is 22.5. The third-order valence-corrected chi connectivity index (χ3v) is 7.19. The molecule has 2 aromatic heterocycles. The van der Waals surface area contributed by atoms with Gasteiger partial charge in [0.2, 0.25) is 0 Å². The summed E-state index contributed by atoms with van der Waals surface area (Å²) in [7, 11) is 1.87. The standard InChI is InChI=1S/C26H24ClFN4O5.C3H6O/c1-30-21-12-16(26(34)35)2-5-20(21)29-24(30)14-31-8-10-32(11-9-31)25(33)23-7-4-18(37-23)15-36-22-6-3-17(27)13-19(22)28;1-2-4-3-1/h2-7,12-13H,8-11,14-15H2,1H3,(H,34,35);1-3H2. The lowest BCUT2D eigenvalue weighted by molar-refractivity contribution is 0.0367. The van der Waals surface area contributed by atoms with Crippen LogP contribution in [0.1, 0.15) is 38.9 Å². The van der Waals surface area contributed by atoms with Crippen molar-refractivity contribution < 1.29 is 33.0 Å². The number of carboxylic acid groups (broad SMARTS) is 1. The molecule has 0 radical (unpaired) electrons. The van der Waals surface area contributed by atoms with Crippen LogP contribution in [-0.4, -0.2) is 75.7 Å². The first-order valence-corrected chi connectivity index (χ1v) is 13.6. The van der Waals surface area contributed by atoms with Crippen molar-refractivity contribution in [1.82, 2.24) is 19.4 Å². The van der Waals surface area contributed by atoms with E-state index in [-0.39, 0.29) is 34.6 Å². The fraction of sp³-hybridized carbons (Fsp3) is 0.345. The Hall–Kier alpha value is -3.93. The van der Waals surface area contributed by atoms with Gasteiger partial charge in [0.15, 0.2) is 17.3 Å². The SMILES string of the molecule is C1COC1.Cn1c(CN2CCN(C(=O)c3ccc(COc4ccc(Cl)cc4F)o3)CC2)nc2ccc(C(=O)O)cc21. The van der Waals surface area contributed by atoms with Crippen LogP contribution in [0, 0.1) is 5.82 Å². The lowest BCUT2D eigenvalue weighted by Gasteiger charge is -2.34. The number of piperazine rings is 1. The topological polar surface area (TPSA) is 110 Å². The molecule has 4 aromatic rings. The van der Waals surface area contributed by atoms with Gasteiger partial charge in [-0.2, -0.15) is 0 Å². The summed E-state index contributed by atoms with van der Waals surface area (Å²) in [6.45, 7) is 4.91. The van der Waals surface area contributed by atoms with Gasteiger partial charge in [0.1, 0.15) is 18.2 Å². The van der Waals surface area contributed by atoms with E-state index in [9.17, 15) is 19.1 Å². The molecule has 216 valence electrons. The average Bonchev–Trinajstić information content (AvgIpc) is 3.51. The van der Waals surface area contributed by atoms with E-state index < -0.39 is 11.8 Å². The Bertz CT molecular complexity index is 1540. The van der Waals surface area contributed by atoms with Crippen LogP contribution in [0.5, 0.6) is 5.75 Å². The molecule has 0 saturated carbocycles. The number of aromatic carboxylic acids is 1. The van der Waals surface area contributed by atoms with Crippen LogP contribution in [0.3, 0.4) is 0 Å². The number of rotatable bonds is 7. The van der Waals surface area contributed by atoms with E-state index >= 15 is 0 Å². The first-order valence-electron chi connectivity index (χ1n) is 13.2. The highest BCUT2D eigenvalue weighted by molar-refractivity contribution is 6.30. The Balaban J connectivity index is 0.000000777. The van der Waals surface area contributed by atoms with Crippen LogP contribution in [-0.2, 0) is 24.9 Å². The number of imidazole rings is 1. The Morgan fingerprint density at radius 3 is 2.46 bits per heavy atom. The van der Waals surface area contributed by atoms with Crippen LogP contribution < -0.4 is 4.74 Å². The number of furan rings is 1. The van der Waals surface area contributed by atoms with E-state index in [2.05, 4.69) is 9.88 Å². The molecule has 0 unspecified atom stereocenters. The lowest BCUT2D eigenvalue weighted by atomic mass is 10.2. The summed E-state index contributed by atoms with van der Waals surface area (Å²) in [6.07, 6.45) is 1.28.